The average Bonchev–Trinajstić information content (AvgIpc) is 2.58. The molecule has 1 aromatic carbocycles. The van der Waals surface area contributed by atoms with E-state index in [0.717, 1.165) is 9.86 Å². The van der Waals surface area contributed by atoms with Gasteiger partial charge in [-0.25, -0.2) is 4.98 Å². The molecule has 1 aromatic heterocycles. The molecule has 2 nitrogen and oxygen atoms in total. The van der Waals surface area contributed by atoms with Crippen LogP contribution >= 0.6 is 23.1 Å². The topological polar surface area (TPSA) is 24.9 Å². The van der Waals surface area contributed by atoms with Crippen LogP contribution in [0.5, 0.6) is 0 Å². The first-order valence-corrected chi connectivity index (χ1v) is 6.94. The first-order chi connectivity index (χ1) is 7.19. The first-order valence-electron chi connectivity index (χ1n) is 4.90. The van der Waals surface area contributed by atoms with Crippen molar-refractivity contribution in [2.75, 3.05) is 11.6 Å². The lowest BCUT2D eigenvalue weighted by Crippen LogP contribution is -2.09. The number of nitrogens with one attached hydrogen (secondary N) is 1. The van der Waals surface area contributed by atoms with Gasteiger partial charge in [-0.15, -0.1) is 11.3 Å². The van der Waals surface area contributed by atoms with E-state index < -0.39 is 0 Å². The number of anilines is 1. The monoisotopic (exact) mass is 238 g/mol. The highest BCUT2D eigenvalue weighted by Crippen LogP contribution is 2.29. The van der Waals surface area contributed by atoms with Crippen molar-refractivity contribution in [2.24, 2.45) is 0 Å². The zero-order valence-electron chi connectivity index (χ0n) is 9.07. The number of hydrogen-bond acceptors (Lipinski definition) is 4. The molecule has 0 fully saturated rings. The van der Waals surface area contributed by atoms with E-state index in [1.807, 2.05) is 0 Å². The lowest BCUT2D eigenvalue weighted by Gasteiger charge is -2.08. The SMILES string of the molecule is CSc1nc2ccc(NC(C)C)cc2s1. The van der Waals surface area contributed by atoms with Crippen molar-refractivity contribution in [1.29, 1.82) is 0 Å². The molecule has 1 N–H and O–H groups in total. The van der Waals surface area contributed by atoms with Crippen molar-refractivity contribution in [3.63, 3.8) is 0 Å². The van der Waals surface area contributed by atoms with Gasteiger partial charge in [0, 0.05) is 11.7 Å². The van der Waals surface area contributed by atoms with Crippen LogP contribution in [0.25, 0.3) is 10.2 Å². The summed E-state index contributed by atoms with van der Waals surface area (Å²) >= 11 is 3.45. The molecule has 0 unspecified atom stereocenters. The Labute approximate surface area is 98.1 Å². The normalized spacial score (nSPS) is 11.2. The third-order valence-electron chi connectivity index (χ3n) is 2.00. The van der Waals surface area contributed by atoms with Gasteiger partial charge < -0.3 is 5.32 Å². The van der Waals surface area contributed by atoms with Gasteiger partial charge >= 0.3 is 0 Å². The third-order valence-corrected chi connectivity index (χ3v) is 4.00. The number of thiazole rings is 1. The van der Waals surface area contributed by atoms with E-state index in [4.69, 9.17) is 0 Å². The molecule has 0 bridgehead atoms. The quantitative estimate of drug-likeness (QED) is 0.822. The molecule has 0 aliphatic rings. The lowest BCUT2D eigenvalue weighted by molar-refractivity contribution is 0.900. The highest BCUT2D eigenvalue weighted by atomic mass is 32.2. The Balaban J connectivity index is 2.37. The molecule has 0 atom stereocenters. The number of hydrogen-bond donors (Lipinski definition) is 1. The minimum atomic E-state index is 0.468. The van der Waals surface area contributed by atoms with Gasteiger partial charge in [-0.05, 0) is 38.3 Å². The number of benzene rings is 1. The van der Waals surface area contributed by atoms with Crippen LogP contribution in [-0.2, 0) is 0 Å². The van der Waals surface area contributed by atoms with E-state index in [1.54, 1.807) is 23.1 Å². The zero-order chi connectivity index (χ0) is 10.8. The fourth-order valence-corrected chi connectivity index (χ4v) is 2.94. The predicted molar refractivity (Wildman–Crippen MR) is 70.2 cm³/mol. The van der Waals surface area contributed by atoms with E-state index in [0.29, 0.717) is 6.04 Å². The van der Waals surface area contributed by atoms with Crippen LogP contribution in [0.4, 0.5) is 5.69 Å². The molecule has 2 rings (SSSR count). The second kappa shape index (κ2) is 4.41. The van der Waals surface area contributed by atoms with E-state index >= 15 is 0 Å². The van der Waals surface area contributed by atoms with Gasteiger partial charge in [-0.2, -0.15) is 0 Å². The molecule has 0 aliphatic heterocycles. The molecule has 0 spiro atoms. The molecule has 0 radical (unpaired) electrons. The molecule has 0 saturated heterocycles. The summed E-state index contributed by atoms with van der Waals surface area (Å²) < 4.78 is 2.39. The maximum absolute atomic E-state index is 4.51. The van der Waals surface area contributed by atoms with E-state index in [9.17, 15) is 0 Å². The van der Waals surface area contributed by atoms with Crippen molar-refractivity contribution in [1.82, 2.24) is 4.98 Å². The summed E-state index contributed by atoms with van der Waals surface area (Å²) in [6.07, 6.45) is 2.06. The Hall–Kier alpha value is -0.740. The summed E-state index contributed by atoms with van der Waals surface area (Å²) in [6.45, 7) is 4.29. The number of nitrogens with zero attached hydrogens (tertiary/aromatic N) is 1. The Morgan fingerprint density at radius 2 is 2.20 bits per heavy atom. The van der Waals surface area contributed by atoms with E-state index in [-0.39, 0.29) is 0 Å². The van der Waals surface area contributed by atoms with Crippen LogP contribution in [0.3, 0.4) is 0 Å². The fourth-order valence-electron chi connectivity index (χ4n) is 1.41. The van der Waals surface area contributed by atoms with Crippen LogP contribution in [0.2, 0.25) is 0 Å². The largest absolute Gasteiger partial charge is 0.383 e. The van der Waals surface area contributed by atoms with Gasteiger partial charge in [0.15, 0.2) is 4.34 Å². The number of fused-ring (bicyclic) bond motifs is 1. The Morgan fingerprint density at radius 1 is 1.40 bits per heavy atom. The Morgan fingerprint density at radius 3 is 2.87 bits per heavy atom. The third kappa shape index (κ3) is 2.44. The summed E-state index contributed by atoms with van der Waals surface area (Å²) in [7, 11) is 0. The summed E-state index contributed by atoms with van der Waals surface area (Å²) in [5.74, 6) is 0. The van der Waals surface area contributed by atoms with Gasteiger partial charge in [0.2, 0.25) is 0 Å². The molecular weight excluding hydrogens is 224 g/mol. The fraction of sp³-hybridized carbons (Fsp3) is 0.364. The van der Waals surface area contributed by atoms with Gasteiger partial charge in [0.25, 0.3) is 0 Å². The summed E-state index contributed by atoms with van der Waals surface area (Å²) in [5, 5.41) is 3.40. The Kier molecular flexibility index (Phi) is 3.17. The second-order valence-corrected chi connectivity index (χ2v) is 5.75. The highest BCUT2D eigenvalue weighted by molar-refractivity contribution is 8.00. The predicted octanol–water partition coefficient (Wildman–Crippen LogP) is 3.84. The van der Waals surface area contributed by atoms with Gasteiger partial charge in [0.05, 0.1) is 10.2 Å². The van der Waals surface area contributed by atoms with Crippen LogP contribution < -0.4 is 5.32 Å². The maximum Gasteiger partial charge on any atom is 0.150 e. The first kappa shape index (κ1) is 10.8. The smallest absolute Gasteiger partial charge is 0.150 e. The van der Waals surface area contributed by atoms with Crippen LogP contribution in [-0.4, -0.2) is 17.3 Å². The molecule has 4 heteroatoms. The van der Waals surface area contributed by atoms with Crippen LogP contribution in [0, 0.1) is 0 Å². The minimum Gasteiger partial charge on any atom is -0.383 e. The van der Waals surface area contributed by atoms with Gasteiger partial charge in [-0.3, -0.25) is 0 Å². The average molecular weight is 238 g/mol. The lowest BCUT2D eigenvalue weighted by atomic mass is 10.2. The van der Waals surface area contributed by atoms with E-state index in [2.05, 4.69) is 48.6 Å². The molecule has 15 heavy (non-hydrogen) atoms. The summed E-state index contributed by atoms with van der Waals surface area (Å²) in [4.78, 5) is 4.51. The highest BCUT2D eigenvalue weighted by Gasteiger charge is 2.03. The second-order valence-electron chi connectivity index (χ2n) is 3.67. The van der Waals surface area contributed by atoms with Crippen LogP contribution in [0.1, 0.15) is 13.8 Å². The van der Waals surface area contributed by atoms with E-state index in [1.165, 1.54) is 10.4 Å². The number of rotatable bonds is 3. The minimum absolute atomic E-state index is 0.468. The molecule has 0 saturated carbocycles. The van der Waals surface area contributed by atoms with Crippen molar-refractivity contribution >= 4 is 39.0 Å². The van der Waals surface area contributed by atoms with Gasteiger partial charge in [-0.1, -0.05) is 11.8 Å². The maximum atomic E-state index is 4.51. The van der Waals surface area contributed by atoms with Crippen molar-refractivity contribution in [2.45, 2.75) is 24.2 Å². The Bertz CT molecular complexity index is 463. The molecule has 0 amide bonds. The standard InChI is InChI=1S/C11H14N2S2/c1-7(2)12-8-4-5-9-10(6-8)15-11(13-9)14-3/h4-7,12H,1-3H3. The number of aromatic nitrogens is 1. The van der Waals surface area contributed by atoms with Gasteiger partial charge in [0.1, 0.15) is 0 Å². The molecular formula is C11H14N2S2. The molecule has 0 aliphatic carbocycles. The van der Waals surface area contributed by atoms with Crippen molar-refractivity contribution in [3.8, 4) is 0 Å². The molecule has 2 aromatic rings. The molecule has 80 valence electrons. The van der Waals surface area contributed by atoms with Crippen molar-refractivity contribution < 1.29 is 0 Å². The zero-order valence-corrected chi connectivity index (χ0v) is 10.7. The number of thioether (sulfide) groups is 1. The summed E-state index contributed by atoms with van der Waals surface area (Å²) in [5.41, 5.74) is 2.27. The van der Waals surface area contributed by atoms with Crippen LogP contribution in [0.15, 0.2) is 22.5 Å². The summed E-state index contributed by atoms with van der Waals surface area (Å²) in [6, 6.07) is 6.81. The molecule has 1 heterocycles. The van der Waals surface area contributed by atoms with Crippen molar-refractivity contribution in [3.05, 3.63) is 18.2 Å².